The second kappa shape index (κ2) is 9.84. The second-order valence-corrected chi connectivity index (χ2v) is 8.00. The summed E-state index contributed by atoms with van der Waals surface area (Å²) in [5.74, 6) is 1.79. The van der Waals surface area contributed by atoms with E-state index in [1.165, 1.54) is 6.33 Å². The Morgan fingerprint density at radius 3 is 3.04 bits per heavy atom. The number of amides is 1. The number of rotatable bonds is 7. The van der Waals surface area contributed by atoms with E-state index in [9.17, 15) is 9.90 Å². The van der Waals surface area contributed by atoms with Crippen molar-refractivity contribution < 1.29 is 9.90 Å². The van der Waals surface area contributed by atoms with E-state index in [1.807, 2.05) is 31.2 Å². The van der Waals surface area contributed by atoms with Crippen LogP contribution in [-0.4, -0.2) is 47.2 Å². The average molecular weight is 448 g/mol. The molecule has 0 bridgehead atoms. The van der Waals surface area contributed by atoms with E-state index in [4.69, 9.17) is 0 Å². The van der Waals surface area contributed by atoms with Gasteiger partial charge >= 0.3 is 0 Å². The van der Waals surface area contributed by atoms with E-state index >= 15 is 0 Å². The predicted octanol–water partition coefficient (Wildman–Crippen LogP) is 3.20. The van der Waals surface area contributed by atoms with Crippen LogP contribution in [-0.2, 0) is 4.79 Å². The van der Waals surface area contributed by atoms with Gasteiger partial charge in [-0.1, -0.05) is 22.0 Å². The number of nitrogens with one attached hydrogen (secondary N) is 2. The smallest absolute Gasteiger partial charge is 0.226 e. The number of nitrogens with zero attached hydrogens (tertiary/aromatic N) is 3. The molecule has 1 saturated heterocycles. The molecule has 150 valence electrons. The summed E-state index contributed by atoms with van der Waals surface area (Å²) in [4.78, 5) is 23.0. The highest BCUT2D eigenvalue weighted by molar-refractivity contribution is 9.10. The zero-order valence-corrected chi connectivity index (χ0v) is 17.6. The first-order chi connectivity index (χ1) is 13.5. The number of benzene rings is 1. The van der Waals surface area contributed by atoms with Crippen LogP contribution >= 0.6 is 15.9 Å². The quantitative estimate of drug-likeness (QED) is 0.603. The van der Waals surface area contributed by atoms with Gasteiger partial charge in [-0.05, 0) is 43.4 Å². The Morgan fingerprint density at radius 2 is 2.21 bits per heavy atom. The fourth-order valence-electron chi connectivity index (χ4n) is 3.28. The number of carbonyl (C=O) groups excluding carboxylic acids is 1. The summed E-state index contributed by atoms with van der Waals surface area (Å²) in [5, 5.41) is 15.5. The molecule has 28 heavy (non-hydrogen) atoms. The largest absolute Gasteiger partial charge is 0.396 e. The van der Waals surface area contributed by atoms with Crippen molar-refractivity contribution in [2.75, 3.05) is 41.8 Å². The van der Waals surface area contributed by atoms with E-state index in [-0.39, 0.29) is 12.5 Å². The van der Waals surface area contributed by atoms with Crippen molar-refractivity contribution in [2.24, 2.45) is 5.92 Å². The highest BCUT2D eigenvalue weighted by Crippen LogP contribution is 2.23. The monoisotopic (exact) mass is 447 g/mol. The lowest BCUT2D eigenvalue weighted by Crippen LogP contribution is -2.37. The highest BCUT2D eigenvalue weighted by Gasteiger charge is 2.20. The van der Waals surface area contributed by atoms with E-state index in [1.54, 1.807) is 0 Å². The van der Waals surface area contributed by atoms with Crippen LogP contribution in [0.25, 0.3) is 0 Å². The first-order valence-electron chi connectivity index (χ1n) is 9.53. The molecule has 7 nitrogen and oxygen atoms in total. The van der Waals surface area contributed by atoms with Crippen LogP contribution in [0.1, 0.15) is 24.8 Å². The molecule has 0 radical (unpaired) electrons. The maximum absolute atomic E-state index is 12.2. The van der Waals surface area contributed by atoms with Gasteiger partial charge in [-0.2, -0.15) is 0 Å². The maximum atomic E-state index is 12.2. The summed E-state index contributed by atoms with van der Waals surface area (Å²) >= 11 is 3.42. The van der Waals surface area contributed by atoms with Crippen molar-refractivity contribution in [2.45, 2.75) is 26.2 Å². The number of aromatic nitrogens is 2. The molecular weight excluding hydrogens is 422 g/mol. The first-order valence-corrected chi connectivity index (χ1v) is 10.3. The van der Waals surface area contributed by atoms with Crippen LogP contribution in [0.15, 0.2) is 35.1 Å². The standard InChI is InChI=1S/C20H26BrN5O2/c1-14-4-5-16(21)9-17(14)25-20(28)6-7-22-18-10-19(24-13-23-18)26-8-2-3-15(11-26)12-27/h4-5,9-10,13,15,27H,2-3,6-8,11-12H2,1H3,(H,25,28)(H,22,23,24). The van der Waals surface area contributed by atoms with Gasteiger partial charge in [0.05, 0.1) is 0 Å². The summed E-state index contributed by atoms with van der Waals surface area (Å²) in [6, 6.07) is 7.71. The van der Waals surface area contributed by atoms with E-state index < -0.39 is 0 Å². The summed E-state index contributed by atoms with van der Waals surface area (Å²) in [5.41, 5.74) is 1.83. The lowest BCUT2D eigenvalue weighted by atomic mass is 9.99. The van der Waals surface area contributed by atoms with Gasteiger partial charge in [-0.15, -0.1) is 0 Å². The Balaban J connectivity index is 1.51. The van der Waals surface area contributed by atoms with Crippen LogP contribution in [0, 0.1) is 12.8 Å². The van der Waals surface area contributed by atoms with Crippen LogP contribution in [0.4, 0.5) is 17.3 Å². The lowest BCUT2D eigenvalue weighted by Gasteiger charge is -2.32. The number of carbonyl (C=O) groups is 1. The Morgan fingerprint density at radius 1 is 1.36 bits per heavy atom. The van der Waals surface area contributed by atoms with Gasteiger partial charge in [-0.25, -0.2) is 9.97 Å². The molecule has 1 fully saturated rings. The third-order valence-corrected chi connectivity index (χ3v) is 5.38. The average Bonchev–Trinajstić information content (AvgIpc) is 2.71. The second-order valence-electron chi connectivity index (χ2n) is 7.08. The zero-order chi connectivity index (χ0) is 19.9. The van der Waals surface area contributed by atoms with Gasteiger partial charge in [-0.3, -0.25) is 4.79 Å². The summed E-state index contributed by atoms with van der Waals surface area (Å²) in [6.07, 6.45) is 3.97. The molecule has 1 aromatic heterocycles. The molecule has 1 amide bonds. The maximum Gasteiger partial charge on any atom is 0.226 e. The molecule has 2 aromatic rings. The number of halogens is 1. The minimum Gasteiger partial charge on any atom is -0.396 e. The van der Waals surface area contributed by atoms with E-state index in [0.717, 1.165) is 47.5 Å². The minimum atomic E-state index is -0.0511. The van der Waals surface area contributed by atoms with E-state index in [0.29, 0.717) is 24.7 Å². The molecule has 0 spiro atoms. The summed E-state index contributed by atoms with van der Waals surface area (Å²) in [6.45, 7) is 4.39. The molecule has 8 heteroatoms. The number of hydrogen-bond donors (Lipinski definition) is 3. The third kappa shape index (κ3) is 5.65. The SMILES string of the molecule is Cc1ccc(Br)cc1NC(=O)CCNc1cc(N2CCCC(CO)C2)ncn1. The Bertz CT molecular complexity index is 817. The van der Waals surface area contributed by atoms with Gasteiger partial charge in [0.1, 0.15) is 18.0 Å². The van der Waals surface area contributed by atoms with Gasteiger partial charge in [0.25, 0.3) is 0 Å². The van der Waals surface area contributed by atoms with Gasteiger partial charge in [0, 0.05) is 48.9 Å². The summed E-state index contributed by atoms with van der Waals surface area (Å²) in [7, 11) is 0. The molecule has 1 aliphatic rings. The minimum absolute atomic E-state index is 0.0511. The zero-order valence-electron chi connectivity index (χ0n) is 16.0. The molecule has 1 aromatic carbocycles. The number of aliphatic hydroxyl groups excluding tert-OH is 1. The fraction of sp³-hybridized carbons (Fsp3) is 0.450. The van der Waals surface area contributed by atoms with Gasteiger partial charge < -0.3 is 20.6 Å². The van der Waals surface area contributed by atoms with E-state index in [2.05, 4.69) is 41.4 Å². The van der Waals surface area contributed by atoms with Crippen LogP contribution < -0.4 is 15.5 Å². The number of hydrogen-bond acceptors (Lipinski definition) is 6. The molecule has 0 saturated carbocycles. The fourth-order valence-corrected chi connectivity index (χ4v) is 3.65. The van der Waals surface area contributed by atoms with Crippen LogP contribution in [0.3, 0.4) is 0 Å². The van der Waals surface area contributed by atoms with Gasteiger partial charge in [0.15, 0.2) is 0 Å². The molecule has 3 N–H and O–H groups in total. The van der Waals surface area contributed by atoms with Crippen molar-refractivity contribution in [3.63, 3.8) is 0 Å². The van der Waals surface area contributed by atoms with Crippen molar-refractivity contribution >= 4 is 39.2 Å². The summed E-state index contributed by atoms with van der Waals surface area (Å²) < 4.78 is 0.932. The molecule has 1 unspecified atom stereocenters. The topological polar surface area (TPSA) is 90.4 Å². The third-order valence-electron chi connectivity index (χ3n) is 4.89. The molecule has 3 rings (SSSR count). The number of anilines is 3. The number of aryl methyl sites for hydroxylation is 1. The van der Waals surface area contributed by atoms with Gasteiger partial charge in [0.2, 0.25) is 5.91 Å². The Labute approximate surface area is 173 Å². The first kappa shape index (κ1) is 20.5. The molecule has 1 aliphatic heterocycles. The predicted molar refractivity (Wildman–Crippen MR) is 115 cm³/mol. The molecule has 0 aliphatic carbocycles. The van der Waals surface area contributed by atoms with Crippen LogP contribution in [0.2, 0.25) is 0 Å². The highest BCUT2D eigenvalue weighted by atomic mass is 79.9. The van der Waals surface area contributed by atoms with Crippen molar-refractivity contribution in [3.8, 4) is 0 Å². The normalized spacial score (nSPS) is 16.7. The van der Waals surface area contributed by atoms with Crippen molar-refractivity contribution in [3.05, 3.63) is 40.6 Å². The van der Waals surface area contributed by atoms with Crippen LogP contribution in [0.5, 0.6) is 0 Å². The molecule has 1 atom stereocenters. The lowest BCUT2D eigenvalue weighted by molar-refractivity contribution is -0.115. The molecular formula is C20H26BrN5O2. The number of piperidine rings is 1. The Hall–Kier alpha value is -2.19. The number of aliphatic hydroxyl groups is 1. The van der Waals surface area contributed by atoms with Crippen molar-refractivity contribution in [1.29, 1.82) is 0 Å². The Kier molecular flexibility index (Phi) is 7.22. The van der Waals surface area contributed by atoms with Crippen molar-refractivity contribution in [1.82, 2.24) is 9.97 Å². The molecule has 2 heterocycles.